The van der Waals surface area contributed by atoms with Crippen LogP contribution in [0.2, 0.25) is 0 Å². The Balaban J connectivity index is 2.24. The van der Waals surface area contributed by atoms with Gasteiger partial charge < -0.3 is 10.1 Å². The third-order valence-electron chi connectivity index (χ3n) is 3.06. The Morgan fingerprint density at radius 3 is 3.00 bits per heavy atom. The predicted molar refractivity (Wildman–Crippen MR) is 62.4 cm³/mol. The largest absolute Gasteiger partial charge is 0.381 e. The van der Waals surface area contributed by atoms with E-state index in [9.17, 15) is 0 Å². The lowest BCUT2D eigenvalue weighted by atomic mass is 10.1. The van der Waals surface area contributed by atoms with E-state index in [0.717, 1.165) is 37.4 Å². The zero-order valence-corrected chi connectivity index (χ0v) is 10.2. The summed E-state index contributed by atoms with van der Waals surface area (Å²) < 4.78 is 5.25. The number of nitrogens with zero attached hydrogens (tertiary/aromatic N) is 2. The Kier molecular flexibility index (Phi) is 3.51. The maximum atomic E-state index is 5.25. The van der Waals surface area contributed by atoms with Crippen molar-refractivity contribution in [3.63, 3.8) is 0 Å². The number of aryl methyl sites for hydroxylation is 1. The van der Waals surface area contributed by atoms with Crippen LogP contribution in [0.3, 0.4) is 0 Å². The molecule has 0 aromatic carbocycles. The Bertz CT molecular complexity index is 379. The van der Waals surface area contributed by atoms with Crippen molar-refractivity contribution < 1.29 is 4.74 Å². The topological polar surface area (TPSA) is 47.0 Å². The highest BCUT2D eigenvalue weighted by atomic mass is 16.5. The lowest BCUT2D eigenvalue weighted by Gasteiger charge is -2.19. The third-order valence-corrected chi connectivity index (χ3v) is 3.06. The van der Waals surface area contributed by atoms with E-state index in [4.69, 9.17) is 4.74 Å². The predicted octanol–water partition coefficient (Wildman–Crippen LogP) is 1.01. The molecule has 16 heavy (non-hydrogen) atoms. The lowest BCUT2D eigenvalue weighted by Crippen LogP contribution is -2.27. The zero-order valence-electron chi connectivity index (χ0n) is 10.2. The third kappa shape index (κ3) is 2.39. The molecule has 2 heterocycles. The van der Waals surface area contributed by atoms with Crippen LogP contribution < -0.4 is 5.32 Å². The van der Waals surface area contributed by atoms with E-state index in [2.05, 4.69) is 22.2 Å². The van der Waals surface area contributed by atoms with E-state index in [1.807, 2.05) is 6.92 Å². The van der Waals surface area contributed by atoms with Crippen LogP contribution in [0.15, 0.2) is 0 Å². The zero-order chi connectivity index (χ0) is 11.5. The molecule has 1 aliphatic heterocycles. The van der Waals surface area contributed by atoms with Gasteiger partial charge in [-0.15, -0.1) is 0 Å². The first-order valence-electron chi connectivity index (χ1n) is 5.79. The molecule has 88 valence electrons. The van der Waals surface area contributed by atoms with Crippen molar-refractivity contribution in [3.05, 3.63) is 22.8 Å². The van der Waals surface area contributed by atoms with Gasteiger partial charge >= 0.3 is 0 Å². The summed E-state index contributed by atoms with van der Waals surface area (Å²) in [4.78, 5) is 9.17. The molecule has 0 fully saturated rings. The second kappa shape index (κ2) is 4.89. The summed E-state index contributed by atoms with van der Waals surface area (Å²) in [5, 5.41) is 3.35. The normalized spacial score (nSPS) is 16.9. The summed E-state index contributed by atoms with van der Waals surface area (Å²) in [6.45, 7) is 6.03. The highest BCUT2D eigenvalue weighted by molar-refractivity contribution is 5.27. The molecule has 0 bridgehead atoms. The first-order valence-corrected chi connectivity index (χ1v) is 5.79. The fraction of sp³-hybridized carbons (Fsp3) is 0.667. The number of rotatable bonds is 3. The first kappa shape index (κ1) is 11.5. The van der Waals surface area contributed by atoms with E-state index in [1.165, 1.54) is 11.3 Å². The number of hydrogen-bond acceptors (Lipinski definition) is 4. The second-order valence-electron chi connectivity index (χ2n) is 4.33. The Labute approximate surface area is 96.4 Å². The summed E-state index contributed by atoms with van der Waals surface area (Å²) in [5.74, 6) is 0.910. The summed E-state index contributed by atoms with van der Waals surface area (Å²) in [5.41, 5.74) is 3.60. The Morgan fingerprint density at radius 2 is 2.25 bits per heavy atom. The Morgan fingerprint density at radius 1 is 1.44 bits per heavy atom. The molecule has 4 heteroatoms. The van der Waals surface area contributed by atoms with Crippen LogP contribution in [-0.2, 0) is 24.1 Å². The van der Waals surface area contributed by atoms with Gasteiger partial charge in [-0.2, -0.15) is 0 Å². The molecule has 0 aliphatic carbocycles. The van der Waals surface area contributed by atoms with Gasteiger partial charge in [-0.25, -0.2) is 9.97 Å². The molecule has 1 aromatic rings. The van der Waals surface area contributed by atoms with Gasteiger partial charge in [0.1, 0.15) is 5.82 Å². The molecule has 1 aliphatic rings. The molecule has 0 saturated heterocycles. The van der Waals surface area contributed by atoms with Gasteiger partial charge in [0.15, 0.2) is 0 Å². The van der Waals surface area contributed by atoms with Crippen LogP contribution in [0, 0.1) is 6.92 Å². The van der Waals surface area contributed by atoms with Crippen molar-refractivity contribution in [2.24, 2.45) is 0 Å². The molecule has 0 spiro atoms. The van der Waals surface area contributed by atoms with Crippen molar-refractivity contribution in [2.75, 3.05) is 13.7 Å². The van der Waals surface area contributed by atoms with Crippen molar-refractivity contribution in [1.82, 2.24) is 15.3 Å². The summed E-state index contributed by atoms with van der Waals surface area (Å²) in [6.07, 6.45) is 1.98. The van der Waals surface area contributed by atoms with E-state index in [-0.39, 0.29) is 6.10 Å². The lowest BCUT2D eigenvalue weighted by molar-refractivity contribution is 0.117. The van der Waals surface area contributed by atoms with E-state index < -0.39 is 0 Å². The van der Waals surface area contributed by atoms with Crippen LogP contribution in [0.5, 0.6) is 0 Å². The minimum Gasteiger partial charge on any atom is -0.381 e. The minimum atomic E-state index is 0.180. The molecular formula is C12H19N3O. The molecule has 1 N–H and O–H groups in total. The van der Waals surface area contributed by atoms with Crippen LogP contribution >= 0.6 is 0 Å². The van der Waals surface area contributed by atoms with Gasteiger partial charge in [-0.05, 0) is 13.8 Å². The van der Waals surface area contributed by atoms with Gasteiger partial charge in [0.25, 0.3) is 0 Å². The van der Waals surface area contributed by atoms with Crippen LogP contribution in [-0.4, -0.2) is 29.7 Å². The number of ether oxygens (including phenoxy) is 1. The van der Waals surface area contributed by atoms with Crippen molar-refractivity contribution in [1.29, 1.82) is 0 Å². The van der Waals surface area contributed by atoms with Crippen LogP contribution in [0.4, 0.5) is 0 Å². The van der Waals surface area contributed by atoms with Crippen LogP contribution in [0.25, 0.3) is 0 Å². The van der Waals surface area contributed by atoms with Crippen molar-refractivity contribution in [2.45, 2.75) is 39.3 Å². The number of methoxy groups -OCH3 is 1. The maximum absolute atomic E-state index is 5.25. The maximum Gasteiger partial charge on any atom is 0.131 e. The number of fused-ring (bicyclic) bond motifs is 1. The van der Waals surface area contributed by atoms with Crippen LogP contribution in [0.1, 0.15) is 29.7 Å². The van der Waals surface area contributed by atoms with Gasteiger partial charge in [-0.3, -0.25) is 0 Å². The van der Waals surface area contributed by atoms with Gasteiger partial charge in [-0.1, -0.05) is 0 Å². The van der Waals surface area contributed by atoms with E-state index in [0.29, 0.717) is 0 Å². The fourth-order valence-corrected chi connectivity index (χ4v) is 2.01. The number of aromatic nitrogens is 2. The van der Waals surface area contributed by atoms with Gasteiger partial charge in [0.2, 0.25) is 0 Å². The molecule has 0 amide bonds. The van der Waals surface area contributed by atoms with E-state index in [1.54, 1.807) is 7.11 Å². The molecule has 0 saturated carbocycles. The fourth-order valence-electron chi connectivity index (χ4n) is 2.01. The molecule has 4 nitrogen and oxygen atoms in total. The average Bonchev–Trinajstić information content (AvgIpc) is 2.29. The first-order chi connectivity index (χ1) is 7.70. The Hall–Kier alpha value is -1.00. The summed E-state index contributed by atoms with van der Waals surface area (Å²) in [7, 11) is 1.72. The van der Waals surface area contributed by atoms with Gasteiger partial charge in [0, 0.05) is 44.3 Å². The monoisotopic (exact) mass is 221 g/mol. The molecule has 1 unspecified atom stereocenters. The molecule has 1 aromatic heterocycles. The van der Waals surface area contributed by atoms with Crippen molar-refractivity contribution in [3.8, 4) is 0 Å². The number of hydrogen-bond donors (Lipinski definition) is 1. The molecule has 0 radical (unpaired) electrons. The number of nitrogens with one attached hydrogen (secondary N) is 1. The minimum absolute atomic E-state index is 0.180. The molecular weight excluding hydrogens is 202 g/mol. The standard InChI is InChI=1S/C12H19N3O/c1-8(16-3)6-12-14-9(2)10-7-13-5-4-11(10)15-12/h8,13H,4-7H2,1-3H3. The highest BCUT2D eigenvalue weighted by Crippen LogP contribution is 2.15. The van der Waals surface area contributed by atoms with Crippen molar-refractivity contribution >= 4 is 0 Å². The molecule has 1 atom stereocenters. The average molecular weight is 221 g/mol. The van der Waals surface area contributed by atoms with E-state index >= 15 is 0 Å². The highest BCUT2D eigenvalue weighted by Gasteiger charge is 2.15. The van der Waals surface area contributed by atoms with Gasteiger partial charge in [0.05, 0.1) is 11.8 Å². The quantitative estimate of drug-likeness (QED) is 0.827. The smallest absolute Gasteiger partial charge is 0.131 e. The SMILES string of the molecule is COC(C)Cc1nc(C)c2c(n1)CCNC2. The summed E-state index contributed by atoms with van der Waals surface area (Å²) in [6, 6.07) is 0. The summed E-state index contributed by atoms with van der Waals surface area (Å²) >= 11 is 0. The second-order valence-corrected chi connectivity index (χ2v) is 4.33. The molecule has 2 rings (SSSR count).